The van der Waals surface area contributed by atoms with Crippen LogP contribution in [-0.2, 0) is 9.59 Å². The zero-order valence-electron chi connectivity index (χ0n) is 14.2. The second kappa shape index (κ2) is 8.17. The Kier molecular flexibility index (Phi) is 5.70. The van der Waals surface area contributed by atoms with Crippen LogP contribution >= 0.6 is 11.8 Å². The van der Waals surface area contributed by atoms with Crippen molar-refractivity contribution in [3.8, 4) is 5.75 Å². The quantitative estimate of drug-likeness (QED) is 0.820. The third kappa shape index (κ3) is 4.62. The zero-order chi connectivity index (χ0) is 19.4. The maximum atomic E-state index is 13.6. The van der Waals surface area contributed by atoms with E-state index in [1.165, 1.54) is 7.11 Å². The van der Waals surface area contributed by atoms with Crippen molar-refractivity contribution in [1.29, 1.82) is 0 Å². The van der Waals surface area contributed by atoms with E-state index in [9.17, 15) is 18.4 Å². The van der Waals surface area contributed by atoms with Crippen LogP contribution in [0.15, 0.2) is 47.5 Å². The molecule has 1 aliphatic rings. The summed E-state index contributed by atoms with van der Waals surface area (Å²) in [5.74, 6) is -2.01. The predicted octanol–water partition coefficient (Wildman–Crippen LogP) is 3.22. The molecular formula is C18H15F2N3O3S. The number of amides is 2. The maximum Gasteiger partial charge on any atom is 0.240 e. The van der Waals surface area contributed by atoms with Gasteiger partial charge in [0.1, 0.15) is 28.3 Å². The first kappa shape index (κ1) is 18.8. The Morgan fingerprint density at radius 2 is 2.07 bits per heavy atom. The summed E-state index contributed by atoms with van der Waals surface area (Å²) in [6.07, 6.45) is -0.182. The smallest absolute Gasteiger partial charge is 0.240 e. The van der Waals surface area contributed by atoms with Crippen LogP contribution in [0.1, 0.15) is 6.42 Å². The number of nitrogens with one attached hydrogen (secondary N) is 2. The molecule has 9 heteroatoms. The first-order valence-electron chi connectivity index (χ1n) is 7.90. The maximum absolute atomic E-state index is 13.6. The number of nitrogens with zero attached hydrogens (tertiary/aromatic N) is 1. The third-order valence-electron chi connectivity index (χ3n) is 3.66. The molecule has 0 saturated carbocycles. The lowest BCUT2D eigenvalue weighted by atomic mass is 10.2. The number of ether oxygens (including phenoxy) is 1. The molecule has 1 saturated heterocycles. The molecular weight excluding hydrogens is 376 g/mol. The number of hydrogen-bond donors (Lipinski definition) is 2. The van der Waals surface area contributed by atoms with Crippen LogP contribution < -0.4 is 15.4 Å². The average Bonchev–Trinajstić information content (AvgIpc) is 2.97. The van der Waals surface area contributed by atoms with Crippen LogP contribution in [0, 0.1) is 11.6 Å². The Morgan fingerprint density at radius 3 is 2.81 bits per heavy atom. The second-order valence-corrected chi connectivity index (χ2v) is 6.75. The Morgan fingerprint density at radius 1 is 1.30 bits per heavy atom. The van der Waals surface area contributed by atoms with Crippen molar-refractivity contribution in [1.82, 2.24) is 5.32 Å². The van der Waals surface area contributed by atoms with Crippen LogP contribution in [0.25, 0.3) is 0 Å². The van der Waals surface area contributed by atoms with E-state index in [1.807, 2.05) is 0 Å². The van der Waals surface area contributed by atoms with E-state index in [0.717, 1.165) is 23.9 Å². The SMILES string of the molecule is COc1ccccc1N=C1NC(=O)[C@H](CC(=O)Nc2ccc(F)cc2F)S1. The van der Waals surface area contributed by atoms with Crippen LogP contribution in [0.3, 0.4) is 0 Å². The summed E-state index contributed by atoms with van der Waals surface area (Å²) in [7, 11) is 1.51. The first-order valence-corrected chi connectivity index (χ1v) is 8.78. The second-order valence-electron chi connectivity index (χ2n) is 5.56. The van der Waals surface area contributed by atoms with Crippen LogP contribution in [0.2, 0.25) is 0 Å². The molecule has 1 fully saturated rings. The number of rotatable bonds is 5. The number of amidine groups is 1. The number of aliphatic imine (C=N–C) groups is 1. The van der Waals surface area contributed by atoms with Crippen LogP contribution in [0.5, 0.6) is 5.75 Å². The number of carbonyl (C=O) groups excluding carboxylic acids is 2. The lowest BCUT2D eigenvalue weighted by Crippen LogP contribution is -2.28. The molecule has 0 unspecified atom stereocenters. The van der Waals surface area contributed by atoms with Gasteiger partial charge in [-0.1, -0.05) is 23.9 Å². The molecule has 0 aromatic heterocycles. The zero-order valence-corrected chi connectivity index (χ0v) is 15.0. The summed E-state index contributed by atoms with van der Waals surface area (Å²) in [6.45, 7) is 0. The van der Waals surface area contributed by atoms with Crippen molar-refractivity contribution >= 4 is 40.1 Å². The Hall–Kier alpha value is -2.94. The van der Waals surface area contributed by atoms with E-state index in [-0.39, 0.29) is 18.0 Å². The van der Waals surface area contributed by atoms with Gasteiger partial charge in [0.15, 0.2) is 5.17 Å². The monoisotopic (exact) mass is 391 g/mol. The van der Waals surface area contributed by atoms with E-state index < -0.39 is 22.8 Å². The molecule has 1 heterocycles. The number of thioether (sulfide) groups is 1. The lowest BCUT2D eigenvalue weighted by Gasteiger charge is -2.08. The van der Waals surface area contributed by atoms with Crippen LogP contribution in [-0.4, -0.2) is 29.3 Å². The molecule has 6 nitrogen and oxygen atoms in total. The topological polar surface area (TPSA) is 79.8 Å². The highest BCUT2D eigenvalue weighted by Crippen LogP contribution is 2.30. The van der Waals surface area contributed by atoms with E-state index in [1.54, 1.807) is 24.3 Å². The normalized spacial score (nSPS) is 17.7. The van der Waals surface area contributed by atoms with Gasteiger partial charge >= 0.3 is 0 Å². The highest BCUT2D eigenvalue weighted by atomic mass is 32.2. The molecule has 2 aromatic rings. The minimum atomic E-state index is -0.884. The number of hydrogen-bond acceptors (Lipinski definition) is 5. The van der Waals surface area contributed by atoms with E-state index in [0.29, 0.717) is 22.7 Å². The summed E-state index contributed by atoms with van der Waals surface area (Å²) >= 11 is 1.10. The van der Waals surface area contributed by atoms with Crippen molar-refractivity contribution in [2.24, 2.45) is 4.99 Å². The van der Waals surface area contributed by atoms with Gasteiger partial charge in [-0.25, -0.2) is 13.8 Å². The van der Waals surface area contributed by atoms with Gasteiger partial charge in [-0.05, 0) is 24.3 Å². The summed E-state index contributed by atoms with van der Waals surface area (Å²) in [4.78, 5) is 28.5. The molecule has 0 spiro atoms. The van der Waals surface area contributed by atoms with E-state index in [4.69, 9.17) is 4.74 Å². The fourth-order valence-corrected chi connectivity index (χ4v) is 3.37. The summed E-state index contributed by atoms with van der Waals surface area (Å²) in [5, 5.41) is 4.58. The Bertz CT molecular complexity index is 920. The van der Waals surface area contributed by atoms with Crippen molar-refractivity contribution in [3.63, 3.8) is 0 Å². The third-order valence-corrected chi connectivity index (χ3v) is 4.74. The largest absolute Gasteiger partial charge is 0.494 e. The molecule has 2 aromatic carbocycles. The number of halogens is 2. The van der Waals surface area contributed by atoms with E-state index >= 15 is 0 Å². The molecule has 1 aliphatic heterocycles. The fraction of sp³-hybridized carbons (Fsp3) is 0.167. The van der Waals surface area contributed by atoms with Crippen molar-refractivity contribution in [3.05, 3.63) is 54.1 Å². The minimum Gasteiger partial charge on any atom is -0.494 e. The number of carbonyl (C=O) groups is 2. The molecule has 27 heavy (non-hydrogen) atoms. The summed E-state index contributed by atoms with van der Waals surface area (Å²) in [6, 6.07) is 9.88. The summed E-state index contributed by atoms with van der Waals surface area (Å²) < 4.78 is 31.7. The van der Waals surface area contributed by atoms with Crippen molar-refractivity contribution < 1.29 is 23.1 Å². The molecule has 3 rings (SSSR count). The van der Waals surface area contributed by atoms with Crippen LogP contribution in [0.4, 0.5) is 20.2 Å². The standard InChI is InChI=1S/C18H15F2N3O3S/c1-26-14-5-3-2-4-13(14)22-18-23-17(25)15(27-18)9-16(24)21-12-7-6-10(19)8-11(12)20/h2-8,15H,9H2,1H3,(H,21,24)(H,22,23,25)/t15-/m0/s1. The van der Waals surface area contributed by atoms with E-state index in [2.05, 4.69) is 15.6 Å². The molecule has 2 amide bonds. The fourth-order valence-electron chi connectivity index (χ4n) is 2.38. The number of methoxy groups -OCH3 is 1. The van der Waals surface area contributed by atoms with Gasteiger partial charge in [-0.2, -0.15) is 0 Å². The Balaban J connectivity index is 1.65. The molecule has 0 radical (unpaired) electrons. The van der Waals surface area contributed by atoms with Gasteiger partial charge < -0.3 is 15.4 Å². The minimum absolute atomic E-state index is 0.146. The molecule has 1 atom stereocenters. The van der Waals surface area contributed by atoms with Gasteiger partial charge in [-0.3, -0.25) is 9.59 Å². The number of anilines is 1. The van der Waals surface area contributed by atoms with Crippen molar-refractivity contribution in [2.75, 3.05) is 12.4 Å². The van der Waals surface area contributed by atoms with Gasteiger partial charge in [0.2, 0.25) is 11.8 Å². The van der Waals surface area contributed by atoms with Gasteiger partial charge in [-0.15, -0.1) is 0 Å². The first-order chi connectivity index (χ1) is 13.0. The van der Waals surface area contributed by atoms with Gasteiger partial charge in [0.25, 0.3) is 0 Å². The summed E-state index contributed by atoms with van der Waals surface area (Å²) in [5.41, 5.74) is 0.397. The molecule has 0 aliphatic carbocycles. The number of benzene rings is 2. The molecule has 140 valence electrons. The highest BCUT2D eigenvalue weighted by molar-refractivity contribution is 8.15. The van der Waals surface area contributed by atoms with Crippen molar-refractivity contribution in [2.45, 2.75) is 11.7 Å². The highest BCUT2D eigenvalue weighted by Gasteiger charge is 2.32. The van der Waals surface area contributed by atoms with Gasteiger partial charge in [0, 0.05) is 12.5 Å². The van der Waals surface area contributed by atoms with Gasteiger partial charge in [0.05, 0.1) is 12.8 Å². The number of para-hydroxylation sites is 2. The predicted molar refractivity (Wildman–Crippen MR) is 99.2 cm³/mol. The average molecular weight is 391 g/mol. The lowest BCUT2D eigenvalue weighted by molar-refractivity contribution is -0.122. The molecule has 2 N–H and O–H groups in total. The molecule has 0 bridgehead atoms. The Labute approximate surface area is 158 Å².